The first-order valence-corrected chi connectivity index (χ1v) is 9.74. The number of benzene rings is 1. The van der Waals surface area contributed by atoms with Crippen LogP contribution in [0.4, 0.5) is 0 Å². The highest BCUT2D eigenvalue weighted by Gasteiger charge is 2.53. The van der Waals surface area contributed by atoms with Crippen molar-refractivity contribution in [3.63, 3.8) is 0 Å². The van der Waals surface area contributed by atoms with E-state index in [1.54, 1.807) is 23.1 Å². The van der Waals surface area contributed by atoms with Gasteiger partial charge in [-0.25, -0.2) is 0 Å². The first kappa shape index (κ1) is 14.3. The molecule has 4 bridgehead atoms. The van der Waals surface area contributed by atoms with Crippen LogP contribution in [-0.2, 0) is 10.8 Å². The van der Waals surface area contributed by atoms with E-state index in [2.05, 4.69) is 52.0 Å². The second kappa shape index (κ2) is 4.32. The molecule has 0 nitrogen and oxygen atoms in total. The molecule has 0 aliphatic heterocycles. The van der Waals surface area contributed by atoms with E-state index in [0.29, 0.717) is 0 Å². The molecule has 0 heteroatoms. The summed E-state index contributed by atoms with van der Waals surface area (Å²) in [6, 6.07) is 9.25. The van der Waals surface area contributed by atoms with Crippen LogP contribution >= 0.6 is 0 Å². The van der Waals surface area contributed by atoms with Crippen molar-refractivity contribution < 1.29 is 0 Å². The predicted molar refractivity (Wildman–Crippen MR) is 96.6 cm³/mol. The third-order valence-corrected chi connectivity index (χ3v) is 7.83. The first-order valence-electron chi connectivity index (χ1n) is 9.74. The summed E-state index contributed by atoms with van der Waals surface area (Å²) in [5.41, 5.74) is 7.32. The maximum Gasteiger partial charge on any atom is 0.0120 e. The predicted octanol–water partition coefficient (Wildman–Crippen LogP) is 6.01. The van der Waals surface area contributed by atoms with Gasteiger partial charge in [-0.2, -0.15) is 0 Å². The van der Waals surface area contributed by atoms with Crippen LogP contribution in [0.2, 0.25) is 0 Å². The summed E-state index contributed by atoms with van der Waals surface area (Å²) in [6.07, 6.45) is 7.52. The third-order valence-electron chi connectivity index (χ3n) is 7.83. The Morgan fingerprint density at radius 2 is 1.13 bits per heavy atom. The Balaban J connectivity index is 1.74. The molecule has 0 radical (unpaired) electrons. The quantitative estimate of drug-likeness (QED) is 0.515. The van der Waals surface area contributed by atoms with E-state index >= 15 is 0 Å². The Hall–Kier alpha value is -1.04. The summed E-state index contributed by atoms with van der Waals surface area (Å²) in [5.74, 6) is 3.93. The van der Waals surface area contributed by atoms with Gasteiger partial charge in [-0.3, -0.25) is 0 Å². The lowest BCUT2D eigenvalue weighted by Gasteiger charge is -2.54. The Kier molecular flexibility index (Phi) is 2.69. The van der Waals surface area contributed by atoms with Crippen LogP contribution < -0.4 is 0 Å². The normalized spacial score (nSPS) is 39.0. The zero-order valence-corrected chi connectivity index (χ0v) is 15.2. The van der Waals surface area contributed by atoms with Gasteiger partial charge in [0.2, 0.25) is 0 Å². The number of allylic oxidation sites excluding steroid dienone is 2. The minimum Gasteiger partial charge on any atom is -0.0630 e. The van der Waals surface area contributed by atoms with Crippen molar-refractivity contribution in [2.75, 3.05) is 0 Å². The first-order chi connectivity index (χ1) is 10.9. The second-order valence-corrected chi connectivity index (χ2v) is 9.93. The fourth-order valence-corrected chi connectivity index (χ4v) is 7.45. The zero-order valence-electron chi connectivity index (χ0n) is 15.2. The van der Waals surface area contributed by atoms with E-state index < -0.39 is 0 Å². The van der Waals surface area contributed by atoms with Gasteiger partial charge in [0.1, 0.15) is 0 Å². The molecule has 5 aliphatic rings. The summed E-state index contributed by atoms with van der Waals surface area (Å²) in [6.45, 7) is 9.98. The monoisotopic (exact) mass is 306 g/mol. The minimum atomic E-state index is 0.213. The van der Waals surface area contributed by atoms with Crippen LogP contribution in [0.5, 0.6) is 0 Å². The molecular weight excluding hydrogens is 276 g/mol. The lowest BCUT2D eigenvalue weighted by atomic mass is 9.51. The lowest BCUT2D eigenvalue weighted by Crippen LogP contribution is -2.43. The summed E-state index contributed by atoms with van der Waals surface area (Å²) < 4.78 is 0. The van der Waals surface area contributed by atoms with E-state index in [0.717, 1.165) is 23.7 Å². The molecule has 0 N–H and O–H groups in total. The fraction of sp³-hybridized carbons (Fsp3) is 0.652. The molecule has 0 heterocycles. The van der Waals surface area contributed by atoms with Gasteiger partial charge in [0, 0.05) is 10.8 Å². The molecule has 0 unspecified atom stereocenters. The van der Waals surface area contributed by atoms with Gasteiger partial charge in [-0.1, -0.05) is 63.1 Å². The average molecular weight is 306 g/mol. The fourth-order valence-electron chi connectivity index (χ4n) is 7.45. The molecule has 0 atom stereocenters. The smallest absolute Gasteiger partial charge is 0.0120 e. The molecule has 1 aromatic rings. The van der Waals surface area contributed by atoms with E-state index in [1.165, 1.54) is 25.7 Å². The maximum atomic E-state index is 2.49. The number of hydrogen-bond donors (Lipinski definition) is 0. The standard InChI is InChI=1S/C23H30/c1-22(2)18-7-5-6-8-19(18)23(3,4)21(22)20-16-10-14-9-15(12-16)13-17(20)11-14/h5-8,14-17H,9-13H2,1-4H3. The highest BCUT2D eigenvalue weighted by molar-refractivity contribution is 5.59. The van der Waals surface area contributed by atoms with E-state index in [4.69, 9.17) is 0 Å². The second-order valence-electron chi connectivity index (χ2n) is 9.93. The summed E-state index contributed by atoms with van der Waals surface area (Å²) in [5, 5.41) is 0. The molecule has 122 valence electrons. The largest absolute Gasteiger partial charge is 0.0630 e. The summed E-state index contributed by atoms with van der Waals surface area (Å²) >= 11 is 0. The van der Waals surface area contributed by atoms with Gasteiger partial charge in [-0.15, -0.1) is 0 Å². The van der Waals surface area contributed by atoms with Crippen LogP contribution in [0.15, 0.2) is 35.4 Å². The minimum absolute atomic E-state index is 0.213. The van der Waals surface area contributed by atoms with E-state index in [-0.39, 0.29) is 10.8 Å². The van der Waals surface area contributed by atoms with Crippen LogP contribution in [0.1, 0.15) is 70.9 Å². The van der Waals surface area contributed by atoms with E-state index in [1.807, 2.05) is 5.57 Å². The summed E-state index contributed by atoms with van der Waals surface area (Å²) in [4.78, 5) is 0. The van der Waals surface area contributed by atoms with Crippen LogP contribution in [0.25, 0.3) is 0 Å². The lowest BCUT2D eigenvalue weighted by molar-refractivity contribution is 0.0662. The van der Waals surface area contributed by atoms with Crippen LogP contribution in [-0.4, -0.2) is 0 Å². The van der Waals surface area contributed by atoms with Gasteiger partial charge in [0.15, 0.2) is 0 Å². The molecule has 1 aromatic carbocycles. The summed E-state index contributed by atoms with van der Waals surface area (Å²) in [7, 11) is 0. The van der Waals surface area contributed by atoms with Gasteiger partial charge in [0.05, 0.1) is 0 Å². The Bertz CT molecular complexity index is 634. The van der Waals surface area contributed by atoms with Gasteiger partial charge < -0.3 is 0 Å². The van der Waals surface area contributed by atoms with Gasteiger partial charge >= 0.3 is 0 Å². The van der Waals surface area contributed by atoms with Crippen molar-refractivity contribution in [2.45, 2.75) is 70.6 Å². The van der Waals surface area contributed by atoms with Gasteiger partial charge in [0.25, 0.3) is 0 Å². The number of rotatable bonds is 0. The molecule has 6 rings (SSSR count). The van der Waals surface area contributed by atoms with Crippen molar-refractivity contribution in [1.82, 2.24) is 0 Å². The van der Waals surface area contributed by atoms with Crippen molar-refractivity contribution in [3.8, 4) is 0 Å². The van der Waals surface area contributed by atoms with Crippen molar-refractivity contribution in [3.05, 3.63) is 46.5 Å². The van der Waals surface area contributed by atoms with Crippen LogP contribution in [0.3, 0.4) is 0 Å². The maximum absolute atomic E-state index is 2.49. The molecule has 0 spiro atoms. The van der Waals surface area contributed by atoms with Crippen molar-refractivity contribution >= 4 is 0 Å². The topological polar surface area (TPSA) is 0 Å². The molecule has 23 heavy (non-hydrogen) atoms. The van der Waals surface area contributed by atoms with Crippen molar-refractivity contribution in [1.29, 1.82) is 0 Å². The van der Waals surface area contributed by atoms with Crippen LogP contribution in [0, 0.1) is 23.7 Å². The molecular formula is C23H30. The third kappa shape index (κ3) is 1.73. The van der Waals surface area contributed by atoms with E-state index in [9.17, 15) is 0 Å². The molecule has 0 saturated heterocycles. The molecule has 0 aromatic heterocycles. The van der Waals surface area contributed by atoms with Crippen molar-refractivity contribution in [2.24, 2.45) is 23.7 Å². The van der Waals surface area contributed by atoms with Gasteiger partial charge in [-0.05, 0) is 66.9 Å². The Morgan fingerprint density at radius 3 is 1.57 bits per heavy atom. The molecule has 4 saturated carbocycles. The Labute approximate surface area is 141 Å². The highest BCUT2D eigenvalue weighted by Crippen LogP contribution is 2.63. The molecule has 0 amide bonds. The average Bonchev–Trinajstić information content (AvgIpc) is 2.64. The Morgan fingerprint density at radius 1 is 0.696 bits per heavy atom. The highest BCUT2D eigenvalue weighted by atomic mass is 14.6. The number of fused-ring (bicyclic) bond motifs is 1. The molecule has 4 fully saturated rings. The number of hydrogen-bond acceptors (Lipinski definition) is 0. The molecule has 5 aliphatic carbocycles. The zero-order chi connectivity index (χ0) is 16.0. The SMILES string of the molecule is CC1(C)C(=C2C3CC4CC(C3)CC2C4)C(C)(C)c2ccccc21.